The number of amides is 2. The first kappa shape index (κ1) is 19.5. The molecule has 1 aliphatic carbocycles. The van der Waals surface area contributed by atoms with Crippen molar-refractivity contribution in [3.63, 3.8) is 0 Å². The van der Waals surface area contributed by atoms with E-state index in [1.54, 1.807) is 17.5 Å². The van der Waals surface area contributed by atoms with Gasteiger partial charge in [0.25, 0.3) is 0 Å². The van der Waals surface area contributed by atoms with Crippen LogP contribution in [0, 0.1) is 0 Å². The molecule has 8 heteroatoms. The molecular weight excluding hydrogens is 353 g/mol. The third-order valence-electron chi connectivity index (χ3n) is 4.15. The SMILES string of the molecule is C=CCN(C(=O)C(F)(F)F)C(C(=O)NC1CCCCC1)c1cccs1. The van der Waals surface area contributed by atoms with Crippen LogP contribution >= 0.6 is 11.3 Å². The average Bonchev–Trinajstić information content (AvgIpc) is 3.08. The van der Waals surface area contributed by atoms with Crippen molar-refractivity contribution in [2.75, 3.05) is 6.54 Å². The molecule has 2 amide bonds. The van der Waals surface area contributed by atoms with Gasteiger partial charge in [0, 0.05) is 17.5 Å². The molecule has 138 valence electrons. The van der Waals surface area contributed by atoms with E-state index < -0.39 is 24.0 Å². The molecule has 2 rings (SSSR count). The Morgan fingerprint density at radius 1 is 1.36 bits per heavy atom. The van der Waals surface area contributed by atoms with E-state index in [-0.39, 0.29) is 12.6 Å². The van der Waals surface area contributed by atoms with Gasteiger partial charge < -0.3 is 10.2 Å². The summed E-state index contributed by atoms with van der Waals surface area (Å²) in [7, 11) is 0. The Hall–Kier alpha value is -1.83. The molecule has 0 bridgehead atoms. The average molecular weight is 374 g/mol. The van der Waals surface area contributed by atoms with E-state index in [9.17, 15) is 22.8 Å². The molecule has 0 aromatic carbocycles. The van der Waals surface area contributed by atoms with Crippen molar-refractivity contribution < 1.29 is 22.8 Å². The predicted molar refractivity (Wildman–Crippen MR) is 90.0 cm³/mol. The second-order valence-electron chi connectivity index (χ2n) is 6.01. The lowest BCUT2D eigenvalue weighted by Gasteiger charge is -2.32. The Labute approximate surface area is 148 Å². The smallest absolute Gasteiger partial charge is 0.351 e. The topological polar surface area (TPSA) is 49.4 Å². The van der Waals surface area contributed by atoms with Gasteiger partial charge in [0.05, 0.1) is 0 Å². The number of nitrogens with one attached hydrogen (secondary N) is 1. The van der Waals surface area contributed by atoms with Gasteiger partial charge in [-0.3, -0.25) is 9.59 Å². The quantitative estimate of drug-likeness (QED) is 0.770. The van der Waals surface area contributed by atoms with E-state index in [1.165, 1.54) is 6.08 Å². The number of carbonyl (C=O) groups excluding carboxylic acids is 2. The largest absolute Gasteiger partial charge is 0.471 e. The van der Waals surface area contributed by atoms with E-state index in [4.69, 9.17) is 0 Å². The van der Waals surface area contributed by atoms with Crippen LogP contribution in [0.2, 0.25) is 0 Å². The van der Waals surface area contributed by atoms with Crippen molar-refractivity contribution in [2.24, 2.45) is 0 Å². The summed E-state index contributed by atoms with van der Waals surface area (Å²) in [6, 6.07) is 1.84. The third-order valence-corrected chi connectivity index (χ3v) is 5.08. The number of hydrogen-bond acceptors (Lipinski definition) is 3. The van der Waals surface area contributed by atoms with Crippen LogP contribution in [-0.4, -0.2) is 35.5 Å². The summed E-state index contributed by atoms with van der Waals surface area (Å²) in [5.41, 5.74) is 0. The maximum atomic E-state index is 13.0. The van der Waals surface area contributed by atoms with Gasteiger partial charge in [0.1, 0.15) is 6.04 Å². The molecule has 1 aromatic heterocycles. The van der Waals surface area contributed by atoms with Gasteiger partial charge in [-0.05, 0) is 24.3 Å². The number of thiophene rings is 1. The normalized spacial score (nSPS) is 16.9. The van der Waals surface area contributed by atoms with Crippen molar-refractivity contribution in [3.05, 3.63) is 35.0 Å². The van der Waals surface area contributed by atoms with Crippen molar-refractivity contribution in [3.8, 4) is 0 Å². The molecule has 0 spiro atoms. The monoisotopic (exact) mass is 374 g/mol. The van der Waals surface area contributed by atoms with Crippen LogP contribution in [0.15, 0.2) is 30.2 Å². The highest BCUT2D eigenvalue weighted by Gasteiger charge is 2.46. The summed E-state index contributed by atoms with van der Waals surface area (Å²) in [6.07, 6.45) is 0.797. The first-order valence-corrected chi connectivity index (χ1v) is 9.05. The molecule has 25 heavy (non-hydrogen) atoms. The fourth-order valence-corrected chi connectivity index (χ4v) is 3.84. The van der Waals surface area contributed by atoms with Crippen molar-refractivity contribution >= 4 is 23.2 Å². The van der Waals surface area contributed by atoms with Gasteiger partial charge in [-0.25, -0.2) is 0 Å². The summed E-state index contributed by atoms with van der Waals surface area (Å²) < 4.78 is 39.0. The molecule has 1 atom stereocenters. The molecule has 4 nitrogen and oxygen atoms in total. The number of rotatable bonds is 6. The lowest BCUT2D eigenvalue weighted by Crippen LogP contribution is -2.50. The summed E-state index contributed by atoms with van der Waals surface area (Å²) in [5, 5.41) is 4.49. The first-order chi connectivity index (χ1) is 11.8. The first-order valence-electron chi connectivity index (χ1n) is 8.17. The van der Waals surface area contributed by atoms with Gasteiger partial charge in [-0.1, -0.05) is 31.4 Å². The molecule has 1 saturated carbocycles. The second-order valence-corrected chi connectivity index (χ2v) is 6.98. The number of nitrogens with zero attached hydrogens (tertiary/aromatic N) is 1. The van der Waals surface area contributed by atoms with E-state index in [1.807, 2.05) is 0 Å². The van der Waals surface area contributed by atoms with Gasteiger partial charge in [0.15, 0.2) is 0 Å². The minimum atomic E-state index is -5.05. The van der Waals surface area contributed by atoms with Crippen molar-refractivity contribution in [1.29, 1.82) is 0 Å². The van der Waals surface area contributed by atoms with Gasteiger partial charge in [-0.15, -0.1) is 17.9 Å². The van der Waals surface area contributed by atoms with E-state index in [2.05, 4.69) is 11.9 Å². The summed E-state index contributed by atoms with van der Waals surface area (Å²) in [5.74, 6) is -2.61. The lowest BCUT2D eigenvalue weighted by molar-refractivity contribution is -0.188. The number of carbonyl (C=O) groups is 2. The Morgan fingerprint density at radius 3 is 2.56 bits per heavy atom. The van der Waals surface area contributed by atoms with Crippen LogP contribution in [0.5, 0.6) is 0 Å². The fraction of sp³-hybridized carbons (Fsp3) is 0.529. The zero-order chi connectivity index (χ0) is 18.4. The zero-order valence-corrected chi connectivity index (χ0v) is 14.5. The molecular formula is C17H21F3N2O2S. The molecule has 1 N–H and O–H groups in total. The minimum Gasteiger partial charge on any atom is -0.351 e. The highest BCUT2D eigenvalue weighted by atomic mass is 32.1. The van der Waals surface area contributed by atoms with Gasteiger partial charge in [-0.2, -0.15) is 13.2 Å². The molecule has 1 aliphatic rings. The summed E-state index contributed by atoms with van der Waals surface area (Å²) in [6.45, 7) is 3.05. The summed E-state index contributed by atoms with van der Waals surface area (Å²) >= 11 is 1.15. The van der Waals surface area contributed by atoms with Crippen LogP contribution in [0.3, 0.4) is 0 Å². The Morgan fingerprint density at radius 2 is 2.04 bits per heavy atom. The minimum absolute atomic E-state index is 0.0599. The van der Waals surface area contributed by atoms with Crippen LogP contribution in [0.4, 0.5) is 13.2 Å². The fourth-order valence-electron chi connectivity index (χ4n) is 3.01. The number of halogens is 3. The Balaban J connectivity index is 2.28. The highest BCUT2D eigenvalue weighted by molar-refractivity contribution is 7.10. The van der Waals surface area contributed by atoms with Gasteiger partial charge >= 0.3 is 12.1 Å². The number of alkyl halides is 3. The van der Waals surface area contributed by atoms with Crippen molar-refractivity contribution in [1.82, 2.24) is 10.2 Å². The zero-order valence-electron chi connectivity index (χ0n) is 13.7. The highest BCUT2D eigenvalue weighted by Crippen LogP contribution is 2.30. The Kier molecular flexibility index (Phi) is 6.64. The maximum absolute atomic E-state index is 13.0. The molecule has 0 aliphatic heterocycles. The molecule has 1 aromatic rings. The predicted octanol–water partition coefficient (Wildman–Crippen LogP) is 3.82. The molecule has 0 saturated heterocycles. The van der Waals surface area contributed by atoms with Gasteiger partial charge in [0.2, 0.25) is 5.91 Å². The third kappa shape index (κ3) is 5.07. The van der Waals surface area contributed by atoms with Crippen LogP contribution < -0.4 is 5.32 Å². The van der Waals surface area contributed by atoms with E-state index >= 15 is 0 Å². The van der Waals surface area contributed by atoms with E-state index in [0.717, 1.165) is 43.4 Å². The van der Waals surface area contributed by atoms with Crippen LogP contribution in [0.1, 0.15) is 43.0 Å². The second kappa shape index (κ2) is 8.51. The van der Waals surface area contributed by atoms with Crippen LogP contribution in [0.25, 0.3) is 0 Å². The lowest BCUT2D eigenvalue weighted by atomic mass is 9.95. The maximum Gasteiger partial charge on any atom is 0.471 e. The number of hydrogen-bond donors (Lipinski definition) is 1. The molecule has 1 unspecified atom stereocenters. The van der Waals surface area contributed by atoms with Crippen LogP contribution in [-0.2, 0) is 9.59 Å². The van der Waals surface area contributed by atoms with E-state index in [0.29, 0.717) is 9.78 Å². The molecule has 1 heterocycles. The molecule has 1 fully saturated rings. The molecule has 0 radical (unpaired) electrons. The standard InChI is InChI=1S/C17H21F3N2O2S/c1-2-10-22(16(24)17(18,19)20)14(13-9-6-11-25-13)15(23)21-12-7-4-3-5-8-12/h2,6,9,11-12,14H,1,3-5,7-8,10H2,(H,21,23). The summed E-state index contributed by atoms with van der Waals surface area (Å²) in [4.78, 5) is 25.6. The van der Waals surface area contributed by atoms with Crippen molar-refractivity contribution in [2.45, 2.75) is 50.4 Å². The Bertz CT molecular complexity index is 596.